The van der Waals surface area contributed by atoms with Crippen LogP contribution in [0, 0.1) is 0 Å². The fourth-order valence-corrected chi connectivity index (χ4v) is 2.84. The van der Waals surface area contributed by atoms with Crippen LogP contribution < -0.4 is 15.8 Å². The molecule has 0 aliphatic carbocycles. The summed E-state index contributed by atoms with van der Waals surface area (Å²) in [6.07, 6.45) is 0.677. The number of nitrogens with two attached hydrogens (primary N) is 1. The van der Waals surface area contributed by atoms with Gasteiger partial charge in [-0.3, -0.25) is 4.79 Å². The monoisotopic (exact) mass is 325 g/mol. The lowest BCUT2D eigenvalue weighted by atomic mass is 10.2. The summed E-state index contributed by atoms with van der Waals surface area (Å²) in [7, 11) is 1.57. The predicted molar refractivity (Wildman–Crippen MR) is 84.0 cm³/mol. The second-order valence-corrected chi connectivity index (χ2v) is 5.62. The van der Waals surface area contributed by atoms with Crippen LogP contribution in [0.3, 0.4) is 0 Å². The number of rotatable bonds is 6. The van der Waals surface area contributed by atoms with E-state index >= 15 is 0 Å². The zero-order valence-corrected chi connectivity index (χ0v) is 13.1. The average Bonchev–Trinajstić information content (AvgIpc) is 2.94. The number of halogens is 1. The Labute approximate surface area is 132 Å². The van der Waals surface area contributed by atoms with Crippen molar-refractivity contribution >= 4 is 28.8 Å². The van der Waals surface area contributed by atoms with Crippen LogP contribution in [0.15, 0.2) is 23.6 Å². The molecule has 2 aromatic rings. The van der Waals surface area contributed by atoms with Crippen LogP contribution in [0.2, 0.25) is 5.02 Å². The van der Waals surface area contributed by atoms with Gasteiger partial charge in [-0.2, -0.15) is 0 Å². The second kappa shape index (κ2) is 7.40. The molecule has 1 aromatic carbocycles. The summed E-state index contributed by atoms with van der Waals surface area (Å²) in [6, 6.07) is 5.36. The molecular weight excluding hydrogens is 310 g/mol. The third-order valence-electron chi connectivity index (χ3n) is 2.86. The molecule has 0 saturated carbocycles. The number of carbonyl (C=O) groups excluding carboxylic acids is 1. The summed E-state index contributed by atoms with van der Waals surface area (Å²) in [5.74, 6) is 0.404. The first-order chi connectivity index (χ1) is 10.2. The molecule has 0 saturated heterocycles. The molecule has 0 bridgehead atoms. The third-order valence-corrected chi connectivity index (χ3v) is 4.13. The normalized spacial score (nSPS) is 10.4. The van der Waals surface area contributed by atoms with Crippen molar-refractivity contribution in [3.63, 3.8) is 0 Å². The van der Waals surface area contributed by atoms with Crippen molar-refractivity contribution in [2.75, 3.05) is 13.7 Å². The van der Waals surface area contributed by atoms with E-state index in [0.717, 1.165) is 10.6 Å². The van der Waals surface area contributed by atoms with Gasteiger partial charge in [0.2, 0.25) is 0 Å². The molecule has 0 spiro atoms. The van der Waals surface area contributed by atoms with E-state index in [1.54, 1.807) is 30.7 Å². The maximum atomic E-state index is 12.1. The van der Waals surface area contributed by atoms with E-state index in [1.165, 1.54) is 11.3 Å². The minimum atomic E-state index is -0.239. The Morgan fingerprint density at radius 3 is 3.05 bits per heavy atom. The molecule has 5 nitrogen and oxygen atoms in total. The fourth-order valence-electron chi connectivity index (χ4n) is 1.81. The Hall–Kier alpha value is -1.63. The van der Waals surface area contributed by atoms with Crippen molar-refractivity contribution in [2.45, 2.75) is 13.0 Å². The Morgan fingerprint density at radius 1 is 1.52 bits per heavy atom. The van der Waals surface area contributed by atoms with Gasteiger partial charge in [0.1, 0.15) is 11.4 Å². The summed E-state index contributed by atoms with van der Waals surface area (Å²) in [4.78, 5) is 16.3. The van der Waals surface area contributed by atoms with Crippen molar-refractivity contribution < 1.29 is 9.53 Å². The molecule has 3 N–H and O–H groups in total. The van der Waals surface area contributed by atoms with Gasteiger partial charge in [0, 0.05) is 28.9 Å². The second-order valence-electron chi connectivity index (χ2n) is 4.27. The minimum Gasteiger partial charge on any atom is -0.496 e. The zero-order chi connectivity index (χ0) is 15.2. The smallest absolute Gasteiger partial charge is 0.271 e. The number of benzene rings is 1. The number of methoxy groups -OCH3 is 1. The molecule has 1 aromatic heterocycles. The lowest BCUT2D eigenvalue weighted by molar-refractivity contribution is 0.0946. The number of thiazole rings is 1. The van der Waals surface area contributed by atoms with E-state index in [9.17, 15) is 4.79 Å². The molecule has 112 valence electrons. The average molecular weight is 326 g/mol. The van der Waals surface area contributed by atoms with E-state index in [4.69, 9.17) is 22.1 Å². The van der Waals surface area contributed by atoms with Crippen molar-refractivity contribution in [1.82, 2.24) is 10.3 Å². The molecular formula is C14H16ClN3O2S. The predicted octanol–water partition coefficient (Wildman–Crippen LogP) is 2.24. The molecule has 21 heavy (non-hydrogen) atoms. The number of ether oxygens (including phenoxy) is 1. The van der Waals surface area contributed by atoms with E-state index in [-0.39, 0.29) is 12.5 Å². The summed E-state index contributed by atoms with van der Waals surface area (Å²) in [5.41, 5.74) is 6.61. The molecule has 0 unspecified atom stereocenters. The SMILES string of the molecule is COc1cccc(Cl)c1CNC(=O)c1csc(CCN)n1. The number of nitrogens with one attached hydrogen (secondary N) is 1. The summed E-state index contributed by atoms with van der Waals surface area (Å²) in [6.45, 7) is 0.802. The number of amides is 1. The summed E-state index contributed by atoms with van der Waals surface area (Å²) < 4.78 is 5.24. The minimum absolute atomic E-state index is 0.239. The van der Waals surface area contributed by atoms with Crippen molar-refractivity contribution in [3.05, 3.63) is 44.9 Å². The highest BCUT2D eigenvalue weighted by molar-refractivity contribution is 7.09. The van der Waals surface area contributed by atoms with Crippen LogP contribution >= 0.6 is 22.9 Å². The highest BCUT2D eigenvalue weighted by Crippen LogP contribution is 2.26. The zero-order valence-electron chi connectivity index (χ0n) is 11.6. The maximum absolute atomic E-state index is 12.1. The van der Waals surface area contributed by atoms with E-state index < -0.39 is 0 Å². The standard InChI is InChI=1S/C14H16ClN3O2S/c1-20-12-4-2-3-10(15)9(12)7-17-14(19)11-8-21-13(18-11)5-6-16/h2-4,8H,5-7,16H2,1H3,(H,17,19). The first-order valence-electron chi connectivity index (χ1n) is 6.39. The quantitative estimate of drug-likeness (QED) is 0.854. The van der Waals surface area contributed by atoms with Gasteiger partial charge in [0.05, 0.1) is 12.1 Å². The number of carbonyl (C=O) groups is 1. The Balaban J connectivity index is 2.04. The van der Waals surface area contributed by atoms with Crippen LogP contribution in [0.4, 0.5) is 0 Å². The van der Waals surface area contributed by atoms with Crippen molar-refractivity contribution in [1.29, 1.82) is 0 Å². The molecule has 0 fully saturated rings. The number of aromatic nitrogens is 1. The van der Waals surface area contributed by atoms with Crippen LogP contribution in [-0.4, -0.2) is 24.5 Å². The van der Waals surface area contributed by atoms with E-state index in [2.05, 4.69) is 10.3 Å². The number of hydrogen-bond acceptors (Lipinski definition) is 5. The third kappa shape index (κ3) is 3.93. The topological polar surface area (TPSA) is 77.2 Å². The summed E-state index contributed by atoms with van der Waals surface area (Å²) in [5, 5.41) is 5.93. The lowest BCUT2D eigenvalue weighted by Gasteiger charge is -2.10. The van der Waals surface area contributed by atoms with Gasteiger partial charge < -0.3 is 15.8 Å². The molecule has 0 radical (unpaired) electrons. The van der Waals surface area contributed by atoms with Crippen molar-refractivity contribution in [2.24, 2.45) is 5.73 Å². The molecule has 1 amide bonds. The first kappa shape index (κ1) is 15.8. The maximum Gasteiger partial charge on any atom is 0.271 e. The highest BCUT2D eigenvalue weighted by atomic mass is 35.5. The first-order valence-corrected chi connectivity index (χ1v) is 7.65. The van der Waals surface area contributed by atoms with E-state index in [0.29, 0.717) is 29.4 Å². The van der Waals surface area contributed by atoms with Gasteiger partial charge in [0.25, 0.3) is 5.91 Å². The molecule has 0 atom stereocenters. The van der Waals surface area contributed by atoms with Crippen molar-refractivity contribution in [3.8, 4) is 5.75 Å². The molecule has 0 aliphatic heterocycles. The molecule has 1 heterocycles. The molecule has 7 heteroatoms. The largest absolute Gasteiger partial charge is 0.496 e. The van der Waals surface area contributed by atoms with Crippen LogP contribution in [0.25, 0.3) is 0 Å². The Kier molecular flexibility index (Phi) is 5.55. The fraction of sp³-hybridized carbons (Fsp3) is 0.286. The van der Waals surface area contributed by atoms with Gasteiger partial charge in [-0.1, -0.05) is 17.7 Å². The van der Waals surface area contributed by atoms with E-state index in [1.807, 2.05) is 0 Å². The summed E-state index contributed by atoms with van der Waals surface area (Å²) >= 11 is 7.56. The number of hydrogen-bond donors (Lipinski definition) is 2. The van der Waals surface area contributed by atoms with Gasteiger partial charge in [-0.25, -0.2) is 4.98 Å². The number of nitrogens with zero attached hydrogens (tertiary/aromatic N) is 1. The molecule has 2 rings (SSSR count). The van der Waals surface area contributed by atoms with Gasteiger partial charge in [-0.05, 0) is 18.7 Å². The highest BCUT2D eigenvalue weighted by Gasteiger charge is 2.13. The van der Waals surface area contributed by atoms with Gasteiger partial charge in [-0.15, -0.1) is 11.3 Å². The molecule has 0 aliphatic rings. The van der Waals surface area contributed by atoms with Crippen LogP contribution in [-0.2, 0) is 13.0 Å². The Morgan fingerprint density at radius 2 is 2.33 bits per heavy atom. The Bertz CT molecular complexity index is 630. The van der Waals surface area contributed by atoms with Gasteiger partial charge >= 0.3 is 0 Å². The van der Waals surface area contributed by atoms with Crippen LogP contribution in [0.1, 0.15) is 21.1 Å². The lowest BCUT2D eigenvalue weighted by Crippen LogP contribution is -2.23. The van der Waals surface area contributed by atoms with Gasteiger partial charge in [0.15, 0.2) is 0 Å². The van der Waals surface area contributed by atoms with Crippen LogP contribution in [0.5, 0.6) is 5.75 Å².